The molecule has 1 aliphatic heterocycles. The zero-order chi connectivity index (χ0) is 14.1. The van der Waals surface area contributed by atoms with Crippen LogP contribution in [0.3, 0.4) is 0 Å². The van der Waals surface area contributed by atoms with E-state index in [-0.39, 0.29) is 0 Å². The third kappa shape index (κ3) is 5.80. The van der Waals surface area contributed by atoms with Gasteiger partial charge in [0.15, 0.2) is 0 Å². The Labute approximate surface area is 120 Å². The maximum atomic E-state index is 5.47. The molecule has 0 bridgehead atoms. The number of piperazine rings is 1. The fourth-order valence-corrected chi connectivity index (χ4v) is 2.95. The van der Waals surface area contributed by atoms with Crippen molar-refractivity contribution in [1.82, 2.24) is 10.2 Å². The van der Waals surface area contributed by atoms with Crippen molar-refractivity contribution >= 4 is 0 Å². The molecule has 0 aliphatic carbocycles. The van der Waals surface area contributed by atoms with Crippen molar-refractivity contribution in [3.05, 3.63) is 0 Å². The molecule has 0 amide bonds. The average molecular weight is 270 g/mol. The monoisotopic (exact) mass is 270 g/mol. The van der Waals surface area contributed by atoms with Crippen LogP contribution in [-0.4, -0.2) is 49.8 Å². The highest BCUT2D eigenvalue weighted by molar-refractivity contribution is 4.88. The van der Waals surface area contributed by atoms with E-state index in [0.29, 0.717) is 6.04 Å². The number of ether oxygens (including phenoxy) is 1. The lowest BCUT2D eigenvalue weighted by Crippen LogP contribution is -2.58. The second kappa shape index (κ2) is 9.73. The molecule has 3 nitrogen and oxygen atoms in total. The van der Waals surface area contributed by atoms with Crippen LogP contribution in [0.5, 0.6) is 0 Å². The van der Waals surface area contributed by atoms with Crippen LogP contribution in [0, 0.1) is 5.92 Å². The third-order valence-electron chi connectivity index (χ3n) is 4.45. The molecule has 0 saturated carbocycles. The Morgan fingerprint density at radius 2 is 2.11 bits per heavy atom. The Bertz CT molecular complexity index is 223. The Hall–Kier alpha value is -0.120. The van der Waals surface area contributed by atoms with Gasteiger partial charge in [0.05, 0.1) is 0 Å². The molecule has 1 saturated heterocycles. The van der Waals surface area contributed by atoms with Crippen molar-refractivity contribution in [2.75, 3.05) is 32.8 Å². The summed E-state index contributed by atoms with van der Waals surface area (Å²) in [5, 5.41) is 3.76. The molecule has 3 heteroatoms. The number of hydrogen-bond donors (Lipinski definition) is 1. The van der Waals surface area contributed by atoms with E-state index < -0.39 is 0 Å². The van der Waals surface area contributed by atoms with Gasteiger partial charge in [-0.1, -0.05) is 33.6 Å². The predicted molar refractivity (Wildman–Crippen MR) is 82.6 cm³/mol. The van der Waals surface area contributed by atoms with Gasteiger partial charge in [-0.05, 0) is 25.7 Å². The van der Waals surface area contributed by atoms with Crippen molar-refractivity contribution in [2.45, 2.75) is 65.5 Å². The fourth-order valence-electron chi connectivity index (χ4n) is 2.95. The van der Waals surface area contributed by atoms with Gasteiger partial charge in [0.2, 0.25) is 0 Å². The van der Waals surface area contributed by atoms with Crippen molar-refractivity contribution in [3.8, 4) is 0 Å². The largest absolute Gasteiger partial charge is 0.382 e. The highest BCUT2D eigenvalue weighted by Gasteiger charge is 2.28. The van der Waals surface area contributed by atoms with E-state index in [4.69, 9.17) is 4.74 Å². The molecular weight excluding hydrogens is 236 g/mol. The van der Waals surface area contributed by atoms with Crippen molar-refractivity contribution in [1.29, 1.82) is 0 Å². The molecule has 0 aromatic carbocycles. The van der Waals surface area contributed by atoms with E-state index in [1.165, 1.54) is 38.8 Å². The molecule has 0 aromatic rings. The van der Waals surface area contributed by atoms with E-state index in [0.717, 1.165) is 31.7 Å². The van der Waals surface area contributed by atoms with Gasteiger partial charge < -0.3 is 10.1 Å². The summed E-state index contributed by atoms with van der Waals surface area (Å²) in [5.74, 6) is 0.775. The quantitative estimate of drug-likeness (QED) is 0.652. The molecule has 0 spiro atoms. The second-order valence-electron chi connectivity index (χ2n) is 5.89. The van der Waals surface area contributed by atoms with Crippen molar-refractivity contribution in [2.24, 2.45) is 5.92 Å². The lowest BCUT2D eigenvalue weighted by atomic mass is 9.94. The summed E-state index contributed by atoms with van der Waals surface area (Å²) in [6, 6.07) is 1.40. The minimum absolute atomic E-state index is 0.671. The number of hydrogen-bond acceptors (Lipinski definition) is 3. The third-order valence-corrected chi connectivity index (χ3v) is 4.45. The lowest BCUT2D eigenvalue weighted by Gasteiger charge is -2.42. The molecular formula is C16H34N2O. The van der Waals surface area contributed by atoms with Crippen LogP contribution in [0.4, 0.5) is 0 Å². The van der Waals surface area contributed by atoms with E-state index in [1.807, 2.05) is 0 Å². The minimum atomic E-state index is 0.671. The molecule has 0 radical (unpaired) electrons. The van der Waals surface area contributed by atoms with Crippen molar-refractivity contribution in [3.63, 3.8) is 0 Å². The smallest absolute Gasteiger partial charge is 0.0478 e. The van der Waals surface area contributed by atoms with Gasteiger partial charge in [-0.15, -0.1) is 0 Å². The SMILES string of the molecule is CCCC1CNC(C(C)CC)CN1CCCOCC. The maximum Gasteiger partial charge on any atom is 0.0478 e. The van der Waals surface area contributed by atoms with E-state index >= 15 is 0 Å². The Balaban J connectivity index is 2.42. The molecule has 1 heterocycles. The first-order valence-electron chi connectivity index (χ1n) is 8.28. The first-order valence-corrected chi connectivity index (χ1v) is 8.28. The number of nitrogens with one attached hydrogen (secondary N) is 1. The van der Waals surface area contributed by atoms with Gasteiger partial charge in [-0.3, -0.25) is 4.90 Å². The normalized spacial score (nSPS) is 26.5. The molecule has 3 unspecified atom stereocenters. The molecule has 19 heavy (non-hydrogen) atoms. The first kappa shape index (κ1) is 16.9. The predicted octanol–water partition coefficient (Wildman–Crippen LogP) is 2.90. The molecule has 1 fully saturated rings. The van der Waals surface area contributed by atoms with Gasteiger partial charge in [-0.25, -0.2) is 0 Å². The summed E-state index contributed by atoms with van der Waals surface area (Å²) < 4.78 is 5.47. The van der Waals surface area contributed by atoms with Crippen LogP contribution in [0.1, 0.15) is 53.4 Å². The number of rotatable bonds is 9. The van der Waals surface area contributed by atoms with Gasteiger partial charge in [0.1, 0.15) is 0 Å². The van der Waals surface area contributed by atoms with E-state index in [1.54, 1.807) is 0 Å². The zero-order valence-corrected chi connectivity index (χ0v) is 13.5. The van der Waals surface area contributed by atoms with Crippen LogP contribution in [-0.2, 0) is 4.74 Å². The molecule has 3 atom stereocenters. The van der Waals surface area contributed by atoms with Gasteiger partial charge in [0.25, 0.3) is 0 Å². The Morgan fingerprint density at radius 3 is 2.74 bits per heavy atom. The first-order chi connectivity index (χ1) is 9.22. The number of nitrogens with zero attached hydrogens (tertiary/aromatic N) is 1. The minimum Gasteiger partial charge on any atom is -0.382 e. The Morgan fingerprint density at radius 1 is 1.32 bits per heavy atom. The van der Waals surface area contributed by atoms with Gasteiger partial charge in [-0.2, -0.15) is 0 Å². The second-order valence-corrected chi connectivity index (χ2v) is 5.89. The molecule has 1 N–H and O–H groups in total. The molecule has 1 rings (SSSR count). The van der Waals surface area contributed by atoms with E-state index in [9.17, 15) is 0 Å². The van der Waals surface area contributed by atoms with Crippen molar-refractivity contribution < 1.29 is 4.74 Å². The van der Waals surface area contributed by atoms with Crippen LogP contribution in [0.25, 0.3) is 0 Å². The Kier molecular flexibility index (Phi) is 8.67. The summed E-state index contributed by atoms with van der Waals surface area (Å²) in [7, 11) is 0. The standard InChI is InChI=1S/C16H34N2O/c1-5-9-15-12-17-16(14(4)6-2)13-18(15)10-8-11-19-7-3/h14-17H,5-13H2,1-4H3. The summed E-state index contributed by atoms with van der Waals surface area (Å²) in [5.41, 5.74) is 0. The highest BCUT2D eigenvalue weighted by Crippen LogP contribution is 2.18. The van der Waals surface area contributed by atoms with Crippen LogP contribution < -0.4 is 5.32 Å². The van der Waals surface area contributed by atoms with Gasteiger partial charge >= 0.3 is 0 Å². The molecule has 0 aromatic heterocycles. The van der Waals surface area contributed by atoms with Crippen LogP contribution >= 0.6 is 0 Å². The summed E-state index contributed by atoms with van der Waals surface area (Å²) in [4.78, 5) is 2.70. The maximum absolute atomic E-state index is 5.47. The topological polar surface area (TPSA) is 24.5 Å². The molecule has 1 aliphatic rings. The van der Waals surface area contributed by atoms with E-state index in [2.05, 4.69) is 37.9 Å². The summed E-state index contributed by atoms with van der Waals surface area (Å²) in [6.45, 7) is 14.4. The van der Waals surface area contributed by atoms with Crippen LogP contribution in [0.2, 0.25) is 0 Å². The average Bonchev–Trinajstić information content (AvgIpc) is 2.44. The zero-order valence-electron chi connectivity index (χ0n) is 13.5. The lowest BCUT2D eigenvalue weighted by molar-refractivity contribution is 0.0819. The van der Waals surface area contributed by atoms with Gasteiger partial charge in [0, 0.05) is 44.9 Å². The fraction of sp³-hybridized carbons (Fsp3) is 1.00. The summed E-state index contributed by atoms with van der Waals surface area (Å²) in [6.07, 6.45) is 5.03. The highest BCUT2D eigenvalue weighted by atomic mass is 16.5. The molecule has 114 valence electrons. The summed E-state index contributed by atoms with van der Waals surface area (Å²) >= 11 is 0. The van der Waals surface area contributed by atoms with Crippen LogP contribution in [0.15, 0.2) is 0 Å².